The molecule has 1 atom stereocenters. The maximum Gasteiger partial charge on any atom is 0.277 e. The summed E-state index contributed by atoms with van der Waals surface area (Å²) in [6, 6.07) is 6.81. The van der Waals surface area contributed by atoms with Crippen molar-refractivity contribution in [1.82, 2.24) is 20.2 Å². The molecule has 0 saturated carbocycles. The SMILES string of the molecule is CC=Cc1cccc(S(=O)(=O)NCC2CCCN(c3ncc(C(=O)NO)cn3)C2)c1. The second kappa shape index (κ2) is 9.79. The van der Waals surface area contributed by atoms with E-state index in [9.17, 15) is 13.2 Å². The Hall–Kier alpha value is -2.82. The molecule has 2 heterocycles. The van der Waals surface area contributed by atoms with Gasteiger partial charge in [0.15, 0.2) is 0 Å². The molecule has 9 nitrogen and oxygen atoms in total. The molecule has 1 aromatic heterocycles. The second-order valence-corrected chi connectivity index (χ2v) is 8.86. The fourth-order valence-electron chi connectivity index (χ4n) is 3.37. The number of nitrogens with one attached hydrogen (secondary N) is 2. The Morgan fingerprint density at radius 3 is 2.80 bits per heavy atom. The van der Waals surface area contributed by atoms with Crippen LogP contribution in [-0.2, 0) is 10.0 Å². The largest absolute Gasteiger partial charge is 0.341 e. The van der Waals surface area contributed by atoms with Gasteiger partial charge in [-0.25, -0.2) is 28.6 Å². The number of nitrogens with zero attached hydrogens (tertiary/aromatic N) is 3. The molecule has 0 spiro atoms. The van der Waals surface area contributed by atoms with Crippen molar-refractivity contribution in [3.05, 3.63) is 53.9 Å². The van der Waals surface area contributed by atoms with Gasteiger partial charge in [0.25, 0.3) is 5.91 Å². The molecule has 1 unspecified atom stereocenters. The Labute approximate surface area is 175 Å². The van der Waals surface area contributed by atoms with Crippen LogP contribution in [0.4, 0.5) is 5.95 Å². The summed E-state index contributed by atoms with van der Waals surface area (Å²) in [6.07, 6.45) is 8.18. The van der Waals surface area contributed by atoms with E-state index in [1.165, 1.54) is 12.4 Å². The van der Waals surface area contributed by atoms with E-state index in [2.05, 4.69) is 14.7 Å². The zero-order chi connectivity index (χ0) is 21.6. The van der Waals surface area contributed by atoms with Gasteiger partial charge in [-0.2, -0.15) is 0 Å². The van der Waals surface area contributed by atoms with Crippen LogP contribution in [0.25, 0.3) is 6.08 Å². The molecule has 3 N–H and O–H groups in total. The molecule has 0 aliphatic carbocycles. The highest BCUT2D eigenvalue weighted by Crippen LogP contribution is 2.21. The molecule has 1 aromatic carbocycles. The van der Waals surface area contributed by atoms with Crippen LogP contribution >= 0.6 is 0 Å². The number of carbonyl (C=O) groups excluding carboxylic acids is 1. The maximum atomic E-state index is 12.7. The molecule has 2 aromatic rings. The molecule has 1 fully saturated rings. The van der Waals surface area contributed by atoms with E-state index in [-0.39, 0.29) is 16.4 Å². The van der Waals surface area contributed by atoms with E-state index in [0.29, 0.717) is 19.0 Å². The molecule has 30 heavy (non-hydrogen) atoms. The lowest BCUT2D eigenvalue weighted by Gasteiger charge is -2.32. The fourth-order valence-corrected chi connectivity index (χ4v) is 4.54. The van der Waals surface area contributed by atoms with Crippen molar-refractivity contribution in [2.24, 2.45) is 5.92 Å². The summed E-state index contributed by atoms with van der Waals surface area (Å²) < 4.78 is 28.1. The summed E-state index contributed by atoms with van der Waals surface area (Å²) in [6.45, 7) is 3.55. The molecular formula is C20H25N5O4S. The minimum atomic E-state index is -3.60. The number of sulfonamides is 1. The number of carbonyl (C=O) groups is 1. The van der Waals surface area contributed by atoms with Crippen LogP contribution < -0.4 is 15.1 Å². The van der Waals surface area contributed by atoms with E-state index >= 15 is 0 Å². The number of piperidine rings is 1. The van der Waals surface area contributed by atoms with Gasteiger partial charge >= 0.3 is 0 Å². The minimum Gasteiger partial charge on any atom is -0.341 e. The van der Waals surface area contributed by atoms with Gasteiger partial charge in [0, 0.05) is 32.0 Å². The Bertz CT molecular complexity index is 1010. The van der Waals surface area contributed by atoms with Gasteiger partial charge in [0.1, 0.15) is 0 Å². The second-order valence-electron chi connectivity index (χ2n) is 7.09. The Kier molecular flexibility index (Phi) is 7.14. The lowest BCUT2D eigenvalue weighted by molar-refractivity contribution is 0.0705. The lowest BCUT2D eigenvalue weighted by atomic mass is 9.99. The molecule has 1 aliphatic heterocycles. The number of allylic oxidation sites excluding steroid dienone is 1. The third kappa shape index (κ3) is 5.41. The fraction of sp³-hybridized carbons (Fsp3) is 0.350. The van der Waals surface area contributed by atoms with Crippen LogP contribution in [-0.4, -0.2) is 49.1 Å². The standard InChI is InChI=1S/C20H25N5O4S/c1-2-5-15-6-3-8-18(10-15)30(28,29)23-11-16-7-4-9-25(14-16)20-21-12-17(13-22-20)19(26)24-27/h2-3,5-6,8,10,12-13,16,23,27H,4,7,9,11,14H2,1H3,(H,24,26). The number of hydroxylamine groups is 1. The third-order valence-electron chi connectivity index (χ3n) is 4.89. The van der Waals surface area contributed by atoms with E-state index in [0.717, 1.165) is 24.9 Å². The Morgan fingerprint density at radius 2 is 2.10 bits per heavy atom. The number of rotatable bonds is 7. The number of aromatic nitrogens is 2. The van der Waals surface area contributed by atoms with Gasteiger partial charge in [-0.1, -0.05) is 24.3 Å². The van der Waals surface area contributed by atoms with E-state index in [1.807, 2.05) is 30.0 Å². The zero-order valence-corrected chi connectivity index (χ0v) is 17.5. The smallest absolute Gasteiger partial charge is 0.277 e. The first kappa shape index (κ1) is 21.9. The average molecular weight is 432 g/mol. The van der Waals surface area contributed by atoms with Crippen LogP contribution in [0.15, 0.2) is 47.6 Å². The van der Waals surface area contributed by atoms with Crippen molar-refractivity contribution in [3.63, 3.8) is 0 Å². The first-order valence-electron chi connectivity index (χ1n) is 9.67. The van der Waals surface area contributed by atoms with Crippen molar-refractivity contribution < 1.29 is 18.4 Å². The summed E-state index contributed by atoms with van der Waals surface area (Å²) in [4.78, 5) is 22.0. The van der Waals surface area contributed by atoms with E-state index in [4.69, 9.17) is 5.21 Å². The maximum absolute atomic E-state index is 12.7. The summed E-state index contributed by atoms with van der Waals surface area (Å²) in [5.41, 5.74) is 2.53. The minimum absolute atomic E-state index is 0.108. The highest BCUT2D eigenvalue weighted by molar-refractivity contribution is 7.89. The van der Waals surface area contributed by atoms with Gasteiger partial charge in [0.2, 0.25) is 16.0 Å². The van der Waals surface area contributed by atoms with Crippen molar-refractivity contribution in [3.8, 4) is 0 Å². The highest BCUT2D eigenvalue weighted by atomic mass is 32.2. The summed E-state index contributed by atoms with van der Waals surface area (Å²) in [7, 11) is -3.60. The molecule has 1 aliphatic rings. The van der Waals surface area contributed by atoms with Crippen molar-refractivity contribution in [1.29, 1.82) is 0 Å². The van der Waals surface area contributed by atoms with Crippen LogP contribution in [0.2, 0.25) is 0 Å². The normalized spacial score (nSPS) is 17.3. The Morgan fingerprint density at radius 1 is 1.33 bits per heavy atom. The predicted molar refractivity (Wildman–Crippen MR) is 113 cm³/mol. The number of amides is 1. The topological polar surface area (TPSA) is 125 Å². The molecule has 0 bridgehead atoms. The summed E-state index contributed by atoms with van der Waals surface area (Å²) in [5.74, 6) is -0.0988. The van der Waals surface area contributed by atoms with Crippen molar-refractivity contribution >= 4 is 28.0 Å². The predicted octanol–water partition coefficient (Wildman–Crippen LogP) is 1.82. The quantitative estimate of drug-likeness (QED) is 0.451. The number of hydrogen-bond acceptors (Lipinski definition) is 7. The number of hydrogen-bond donors (Lipinski definition) is 3. The average Bonchev–Trinajstić information content (AvgIpc) is 2.78. The summed E-state index contributed by atoms with van der Waals surface area (Å²) in [5, 5.41) is 8.67. The number of benzene rings is 1. The highest BCUT2D eigenvalue weighted by Gasteiger charge is 2.24. The first-order valence-corrected chi connectivity index (χ1v) is 11.1. The van der Waals surface area contributed by atoms with Gasteiger partial charge in [-0.3, -0.25) is 10.0 Å². The van der Waals surface area contributed by atoms with Crippen LogP contribution in [0, 0.1) is 5.92 Å². The third-order valence-corrected chi connectivity index (χ3v) is 6.31. The molecule has 1 saturated heterocycles. The van der Waals surface area contributed by atoms with Crippen LogP contribution in [0.1, 0.15) is 35.7 Å². The molecule has 160 valence electrons. The van der Waals surface area contributed by atoms with Crippen LogP contribution in [0.3, 0.4) is 0 Å². The lowest BCUT2D eigenvalue weighted by Crippen LogP contribution is -2.41. The van der Waals surface area contributed by atoms with Crippen molar-refractivity contribution in [2.45, 2.75) is 24.7 Å². The first-order chi connectivity index (χ1) is 14.4. The monoisotopic (exact) mass is 431 g/mol. The van der Waals surface area contributed by atoms with Gasteiger partial charge < -0.3 is 4.90 Å². The molecule has 0 radical (unpaired) electrons. The molecule has 3 rings (SSSR count). The zero-order valence-electron chi connectivity index (χ0n) is 16.7. The molecule has 10 heteroatoms. The summed E-state index contributed by atoms with van der Waals surface area (Å²) >= 11 is 0. The van der Waals surface area contributed by atoms with E-state index in [1.54, 1.807) is 23.7 Å². The number of anilines is 1. The Balaban J connectivity index is 1.62. The molecular weight excluding hydrogens is 406 g/mol. The van der Waals surface area contributed by atoms with E-state index < -0.39 is 15.9 Å². The van der Waals surface area contributed by atoms with Gasteiger partial charge in [-0.05, 0) is 43.4 Å². The van der Waals surface area contributed by atoms with Crippen LogP contribution in [0.5, 0.6) is 0 Å². The van der Waals surface area contributed by atoms with Gasteiger partial charge in [-0.15, -0.1) is 0 Å². The van der Waals surface area contributed by atoms with Crippen molar-refractivity contribution in [2.75, 3.05) is 24.5 Å². The molecule has 1 amide bonds. The van der Waals surface area contributed by atoms with Gasteiger partial charge in [0.05, 0.1) is 10.5 Å².